The summed E-state index contributed by atoms with van der Waals surface area (Å²) < 4.78 is 40.4. The lowest BCUT2D eigenvalue weighted by Gasteiger charge is -2.15. The molecule has 2 aromatic carbocycles. The summed E-state index contributed by atoms with van der Waals surface area (Å²) >= 11 is 0. The summed E-state index contributed by atoms with van der Waals surface area (Å²) in [6, 6.07) is 13.6. The molecule has 0 aliphatic carbocycles. The second-order valence-electron chi connectivity index (χ2n) is 6.76. The summed E-state index contributed by atoms with van der Waals surface area (Å²) in [6.45, 7) is 7.69. The van der Waals surface area contributed by atoms with E-state index in [4.69, 9.17) is 0 Å². The standard InChI is InChI=1S/C22H20F3N/c1-13-5-7-18(15(3)9-13)20-11-17(22(23,24)25)12-21(26-20)19-8-6-14(2)10-16(19)4/h5-12H,1-4H3. The molecule has 0 radical (unpaired) electrons. The van der Waals surface area contributed by atoms with Gasteiger partial charge in [0.2, 0.25) is 0 Å². The molecule has 0 saturated heterocycles. The van der Waals surface area contributed by atoms with Crippen LogP contribution in [0.15, 0.2) is 48.5 Å². The van der Waals surface area contributed by atoms with Crippen molar-refractivity contribution in [1.29, 1.82) is 0 Å². The van der Waals surface area contributed by atoms with Gasteiger partial charge in [0.1, 0.15) is 0 Å². The third-order valence-corrected chi connectivity index (χ3v) is 4.47. The van der Waals surface area contributed by atoms with E-state index in [1.54, 1.807) is 0 Å². The van der Waals surface area contributed by atoms with Crippen LogP contribution in [0.4, 0.5) is 13.2 Å². The van der Waals surface area contributed by atoms with Crippen LogP contribution in [0.25, 0.3) is 22.5 Å². The van der Waals surface area contributed by atoms with Crippen LogP contribution >= 0.6 is 0 Å². The van der Waals surface area contributed by atoms with Gasteiger partial charge in [-0.25, -0.2) is 4.98 Å². The molecule has 4 heteroatoms. The second kappa shape index (κ2) is 6.60. The fourth-order valence-electron chi connectivity index (χ4n) is 3.17. The lowest BCUT2D eigenvalue weighted by Crippen LogP contribution is -2.07. The van der Waals surface area contributed by atoms with Crippen LogP contribution in [0.5, 0.6) is 0 Å². The van der Waals surface area contributed by atoms with Crippen molar-refractivity contribution in [3.63, 3.8) is 0 Å². The van der Waals surface area contributed by atoms with Gasteiger partial charge in [-0.3, -0.25) is 0 Å². The zero-order valence-electron chi connectivity index (χ0n) is 15.2. The van der Waals surface area contributed by atoms with Crippen LogP contribution in [-0.2, 0) is 6.18 Å². The molecule has 0 atom stereocenters. The second-order valence-corrected chi connectivity index (χ2v) is 6.76. The minimum atomic E-state index is -4.43. The average Bonchev–Trinajstić information content (AvgIpc) is 2.53. The Balaban J connectivity index is 2.26. The highest BCUT2D eigenvalue weighted by molar-refractivity contribution is 5.71. The van der Waals surface area contributed by atoms with E-state index in [1.807, 2.05) is 64.1 Å². The maximum absolute atomic E-state index is 13.5. The molecule has 3 rings (SSSR count). The van der Waals surface area contributed by atoms with Crippen molar-refractivity contribution >= 4 is 0 Å². The highest BCUT2D eigenvalue weighted by Crippen LogP contribution is 2.36. The number of rotatable bonds is 2. The predicted octanol–water partition coefficient (Wildman–Crippen LogP) is 6.67. The molecule has 0 N–H and O–H groups in total. The number of alkyl halides is 3. The van der Waals surface area contributed by atoms with Crippen molar-refractivity contribution < 1.29 is 13.2 Å². The smallest absolute Gasteiger partial charge is 0.248 e. The van der Waals surface area contributed by atoms with Crippen LogP contribution in [0.3, 0.4) is 0 Å². The number of aryl methyl sites for hydroxylation is 4. The number of benzene rings is 2. The first-order valence-corrected chi connectivity index (χ1v) is 8.39. The van der Waals surface area contributed by atoms with Gasteiger partial charge in [0.25, 0.3) is 0 Å². The summed E-state index contributed by atoms with van der Waals surface area (Å²) in [4.78, 5) is 4.57. The molecule has 0 unspecified atom stereocenters. The first kappa shape index (κ1) is 18.2. The van der Waals surface area contributed by atoms with E-state index in [2.05, 4.69) is 4.98 Å². The molecule has 0 aliphatic heterocycles. The van der Waals surface area contributed by atoms with Gasteiger partial charge in [-0.1, -0.05) is 47.5 Å². The van der Waals surface area contributed by atoms with Gasteiger partial charge in [-0.2, -0.15) is 13.2 Å². The first-order chi connectivity index (χ1) is 12.1. The molecule has 26 heavy (non-hydrogen) atoms. The highest BCUT2D eigenvalue weighted by atomic mass is 19.4. The molecule has 0 spiro atoms. The normalized spacial score (nSPS) is 11.7. The van der Waals surface area contributed by atoms with Crippen LogP contribution in [-0.4, -0.2) is 4.98 Å². The minimum absolute atomic E-state index is 0.340. The maximum atomic E-state index is 13.5. The molecule has 1 nitrogen and oxygen atoms in total. The highest BCUT2D eigenvalue weighted by Gasteiger charge is 2.32. The van der Waals surface area contributed by atoms with Crippen LogP contribution in [0.2, 0.25) is 0 Å². The van der Waals surface area contributed by atoms with E-state index >= 15 is 0 Å². The molecule has 3 aromatic rings. The number of pyridine rings is 1. The SMILES string of the molecule is Cc1ccc(-c2cc(C(F)(F)F)cc(-c3ccc(C)cc3C)n2)c(C)c1. The quantitative estimate of drug-likeness (QED) is 0.500. The van der Waals surface area contributed by atoms with Crippen LogP contribution in [0.1, 0.15) is 27.8 Å². The Bertz CT molecular complexity index is 902. The number of aromatic nitrogens is 1. The van der Waals surface area contributed by atoms with E-state index in [-0.39, 0.29) is 0 Å². The van der Waals surface area contributed by atoms with Gasteiger partial charge in [-0.05, 0) is 51.0 Å². The summed E-state index contributed by atoms with van der Waals surface area (Å²) in [7, 11) is 0. The van der Waals surface area contributed by atoms with E-state index in [9.17, 15) is 13.2 Å². The van der Waals surface area contributed by atoms with Gasteiger partial charge in [0.05, 0.1) is 17.0 Å². The Morgan fingerprint density at radius 1 is 0.654 bits per heavy atom. The number of hydrogen-bond donors (Lipinski definition) is 0. The van der Waals surface area contributed by atoms with Crippen molar-refractivity contribution in [3.05, 3.63) is 76.3 Å². The van der Waals surface area contributed by atoms with E-state index in [0.717, 1.165) is 34.4 Å². The fourth-order valence-corrected chi connectivity index (χ4v) is 3.17. The summed E-state index contributed by atoms with van der Waals surface area (Å²) in [6.07, 6.45) is -4.43. The molecule has 0 fully saturated rings. The summed E-state index contributed by atoms with van der Waals surface area (Å²) in [5.74, 6) is 0. The van der Waals surface area contributed by atoms with Crippen molar-refractivity contribution in [2.24, 2.45) is 0 Å². The first-order valence-electron chi connectivity index (χ1n) is 8.39. The largest absolute Gasteiger partial charge is 0.416 e. The molecule has 1 aromatic heterocycles. The molecule has 134 valence electrons. The fraction of sp³-hybridized carbons (Fsp3) is 0.227. The Morgan fingerprint density at radius 3 is 1.42 bits per heavy atom. The molecule has 0 saturated carbocycles. The zero-order chi connectivity index (χ0) is 19.1. The third kappa shape index (κ3) is 3.64. The molecular formula is C22H20F3N. The predicted molar refractivity (Wildman–Crippen MR) is 99.1 cm³/mol. The Kier molecular flexibility index (Phi) is 4.61. The topological polar surface area (TPSA) is 12.9 Å². The monoisotopic (exact) mass is 355 g/mol. The van der Waals surface area contributed by atoms with E-state index < -0.39 is 11.7 Å². The third-order valence-electron chi connectivity index (χ3n) is 4.47. The molecule has 1 heterocycles. The summed E-state index contributed by atoms with van der Waals surface area (Å²) in [5, 5.41) is 0. The van der Waals surface area contributed by atoms with Crippen LogP contribution in [0, 0.1) is 27.7 Å². The van der Waals surface area contributed by atoms with Gasteiger partial charge in [0, 0.05) is 11.1 Å². The molecule has 0 bridgehead atoms. The van der Waals surface area contributed by atoms with Crippen LogP contribution < -0.4 is 0 Å². The molecule has 0 aliphatic rings. The Morgan fingerprint density at radius 2 is 1.08 bits per heavy atom. The number of hydrogen-bond acceptors (Lipinski definition) is 1. The van der Waals surface area contributed by atoms with Crippen molar-refractivity contribution in [2.45, 2.75) is 33.9 Å². The number of halogens is 3. The van der Waals surface area contributed by atoms with Crippen molar-refractivity contribution in [3.8, 4) is 22.5 Å². The van der Waals surface area contributed by atoms with Gasteiger partial charge >= 0.3 is 6.18 Å². The Hall–Kier alpha value is -2.62. The van der Waals surface area contributed by atoms with Crippen molar-refractivity contribution in [1.82, 2.24) is 4.98 Å². The minimum Gasteiger partial charge on any atom is -0.248 e. The lowest BCUT2D eigenvalue weighted by atomic mass is 9.98. The average molecular weight is 355 g/mol. The zero-order valence-corrected chi connectivity index (χ0v) is 15.2. The Labute approximate surface area is 151 Å². The summed E-state index contributed by atoms with van der Waals surface area (Å²) in [5.41, 5.74) is 5.37. The maximum Gasteiger partial charge on any atom is 0.416 e. The van der Waals surface area contributed by atoms with Crippen molar-refractivity contribution in [2.75, 3.05) is 0 Å². The molecular weight excluding hydrogens is 335 g/mol. The lowest BCUT2D eigenvalue weighted by molar-refractivity contribution is -0.137. The van der Waals surface area contributed by atoms with Gasteiger partial charge in [-0.15, -0.1) is 0 Å². The van der Waals surface area contributed by atoms with E-state index in [0.29, 0.717) is 22.5 Å². The van der Waals surface area contributed by atoms with Gasteiger partial charge < -0.3 is 0 Å². The van der Waals surface area contributed by atoms with Gasteiger partial charge in [0.15, 0.2) is 0 Å². The van der Waals surface area contributed by atoms with E-state index in [1.165, 1.54) is 0 Å². The molecule has 0 amide bonds. The number of nitrogens with zero attached hydrogens (tertiary/aromatic N) is 1.